The lowest BCUT2D eigenvalue weighted by Crippen LogP contribution is -2.30. The maximum absolute atomic E-state index is 5.76. The lowest BCUT2D eigenvalue weighted by Gasteiger charge is -2.10. The molecule has 1 heterocycles. The van der Waals surface area contributed by atoms with E-state index in [1.54, 1.807) is 0 Å². The molecule has 0 amide bonds. The van der Waals surface area contributed by atoms with Crippen LogP contribution in [0.15, 0.2) is 36.9 Å². The van der Waals surface area contributed by atoms with Gasteiger partial charge >= 0.3 is 0 Å². The first kappa shape index (κ1) is 9.28. The molecule has 14 heavy (non-hydrogen) atoms. The molecule has 1 aromatic rings. The molecule has 1 aliphatic rings. The number of benzene rings is 1. The molecule has 0 aliphatic carbocycles. The van der Waals surface area contributed by atoms with Crippen LogP contribution in [-0.4, -0.2) is 19.2 Å². The van der Waals surface area contributed by atoms with Gasteiger partial charge in [-0.15, -0.1) is 6.58 Å². The highest BCUT2D eigenvalue weighted by Gasteiger charge is 2.21. The van der Waals surface area contributed by atoms with E-state index in [0.717, 1.165) is 25.3 Å². The molecule has 0 fully saturated rings. The molecule has 2 rings (SSSR count). The van der Waals surface area contributed by atoms with Crippen molar-refractivity contribution in [2.24, 2.45) is 0 Å². The van der Waals surface area contributed by atoms with E-state index in [1.807, 2.05) is 18.2 Å². The molecule has 74 valence electrons. The van der Waals surface area contributed by atoms with E-state index in [2.05, 4.69) is 24.0 Å². The third-order valence-corrected chi connectivity index (χ3v) is 2.37. The van der Waals surface area contributed by atoms with Gasteiger partial charge in [0.05, 0.1) is 0 Å². The summed E-state index contributed by atoms with van der Waals surface area (Å²) in [6, 6.07) is 8.23. The van der Waals surface area contributed by atoms with E-state index in [4.69, 9.17) is 4.74 Å². The molecule has 1 aliphatic heterocycles. The van der Waals surface area contributed by atoms with Gasteiger partial charge in [0, 0.05) is 19.5 Å². The lowest BCUT2D eigenvalue weighted by molar-refractivity contribution is 0.229. The molecule has 0 radical (unpaired) electrons. The predicted octanol–water partition coefficient (Wildman–Crippen LogP) is 1.77. The van der Waals surface area contributed by atoms with E-state index < -0.39 is 0 Å². The molecule has 0 bridgehead atoms. The number of ether oxygens (including phenoxy) is 1. The Hall–Kier alpha value is -1.28. The third kappa shape index (κ3) is 1.96. The fourth-order valence-corrected chi connectivity index (χ4v) is 1.71. The van der Waals surface area contributed by atoms with Crippen LogP contribution in [0.2, 0.25) is 0 Å². The lowest BCUT2D eigenvalue weighted by atomic mass is 10.1. The Morgan fingerprint density at radius 3 is 3.14 bits per heavy atom. The first-order chi connectivity index (χ1) is 6.90. The summed E-state index contributed by atoms with van der Waals surface area (Å²) in [5, 5.41) is 3.27. The Balaban J connectivity index is 1.88. The van der Waals surface area contributed by atoms with Gasteiger partial charge in [0.15, 0.2) is 0 Å². The van der Waals surface area contributed by atoms with E-state index in [9.17, 15) is 0 Å². The van der Waals surface area contributed by atoms with Crippen LogP contribution in [0.3, 0.4) is 0 Å². The smallest absolute Gasteiger partial charge is 0.123 e. The number of hydrogen-bond donors (Lipinski definition) is 1. The fraction of sp³-hybridized carbons (Fsp3) is 0.333. The molecule has 1 aromatic carbocycles. The van der Waals surface area contributed by atoms with Crippen LogP contribution < -0.4 is 10.1 Å². The van der Waals surface area contributed by atoms with Gasteiger partial charge in [-0.3, -0.25) is 0 Å². The quantitative estimate of drug-likeness (QED) is 0.575. The summed E-state index contributed by atoms with van der Waals surface area (Å²) in [6.45, 7) is 5.39. The number of fused-ring (bicyclic) bond motifs is 1. The highest BCUT2D eigenvalue weighted by atomic mass is 16.5. The highest BCUT2D eigenvalue weighted by Crippen LogP contribution is 2.27. The second kappa shape index (κ2) is 4.29. The number of nitrogens with one attached hydrogen (secondary N) is 1. The zero-order chi connectivity index (χ0) is 9.80. The van der Waals surface area contributed by atoms with Crippen molar-refractivity contribution in [2.45, 2.75) is 12.5 Å². The summed E-state index contributed by atoms with van der Waals surface area (Å²) >= 11 is 0. The van der Waals surface area contributed by atoms with E-state index in [0.29, 0.717) is 0 Å². The van der Waals surface area contributed by atoms with Crippen molar-refractivity contribution in [3.63, 3.8) is 0 Å². The summed E-state index contributed by atoms with van der Waals surface area (Å²) in [7, 11) is 0. The molecule has 2 heteroatoms. The summed E-state index contributed by atoms with van der Waals surface area (Å²) in [5.41, 5.74) is 1.32. The van der Waals surface area contributed by atoms with E-state index in [-0.39, 0.29) is 6.10 Å². The second-order valence-corrected chi connectivity index (χ2v) is 3.50. The van der Waals surface area contributed by atoms with E-state index in [1.165, 1.54) is 5.56 Å². The average molecular weight is 189 g/mol. The minimum atomic E-state index is 0.285. The minimum Gasteiger partial charge on any atom is -0.488 e. The van der Waals surface area contributed by atoms with Gasteiger partial charge in [0.25, 0.3) is 0 Å². The normalized spacial score (nSPS) is 18.7. The third-order valence-electron chi connectivity index (χ3n) is 2.37. The van der Waals surface area contributed by atoms with Gasteiger partial charge in [-0.1, -0.05) is 24.3 Å². The Morgan fingerprint density at radius 1 is 1.50 bits per heavy atom. The Bertz CT molecular complexity index is 297. The Kier molecular flexibility index (Phi) is 2.84. The van der Waals surface area contributed by atoms with Gasteiger partial charge in [0.1, 0.15) is 11.9 Å². The highest BCUT2D eigenvalue weighted by molar-refractivity contribution is 5.37. The van der Waals surface area contributed by atoms with Crippen molar-refractivity contribution in [3.8, 4) is 5.75 Å². The molecule has 1 N–H and O–H groups in total. The molecule has 2 nitrogen and oxygen atoms in total. The molecule has 0 spiro atoms. The molecule has 0 aromatic heterocycles. The summed E-state index contributed by atoms with van der Waals surface area (Å²) in [4.78, 5) is 0. The second-order valence-electron chi connectivity index (χ2n) is 3.50. The standard InChI is InChI=1S/C12H15NO/c1-2-7-13-9-11-8-10-5-3-4-6-12(10)14-11/h2-6,11,13H,1,7-9H2. The zero-order valence-corrected chi connectivity index (χ0v) is 8.20. The summed E-state index contributed by atoms with van der Waals surface area (Å²) < 4.78 is 5.76. The summed E-state index contributed by atoms with van der Waals surface area (Å²) in [6.07, 6.45) is 3.16. The summed E-state index contributed by atoms with van der Waals surface area (Å²) in [5.74, 6) is 1.04. The van der Waals surface area contributed by atoms with Crippen molar-refractivity contribution < 1.29 is 4.74 Å². The largest absolute Gasteiger partial charge is 0.488 e. The van der Waals surface area contributed by atoms with Gasteiger partial charge in [-0.25, -0.2) is 0 Å². The maximum atomic E-state index is 5.76. The van der Waals surface area contributed by atoms with Gasteiger partial charge in [-0.2, -0.15) is 0 Å². The van der Waals surface area contributed by atoms with Crippen LogP contribution in [0, 0.1) is 0 Å². The first-order valence-electron chi connectivity index (χ1n) is 4.96. The van der Waals surface area contributed by atoms with E-state index >= 15 is 0 Å². The van der Waals surface area contributed by atoms with Crippen LogP contribution in [0.4, 0.5) is 0 Å². The van der Waals surface area contributed by atoms with Gasteiger partial charge in [-0.05, 0) is 11.6 Å². The van der Waals surface area contributed by atoms with Crippen molar-refractivity contribution in [3.05, 3.63) is 42.5 Å². The topological polar surface area (TPSA) is 21.3 Å². The number of para-hydroxylation sites is 1. The van der Waals surface area contributed by atoms with Crippen molar-refractivity contribution in [1.29, 1.82) is 0 Å². The molecule has 0 saturated heterocycles. The zero-order valence-electron chi connectivity index (χ0n) is 8.20. The monoisotopic (exact) mass is 189 g/mol. The fourth-order valence-electron chi connectivity index (χ4n) is 1.71. The van der Waals surface area contributed by atoms with Crippen molar-refractivity contribution in [2.75, 3.05) is 13.1 Å². The molecular weight excluding hydrogens is 174 g/mol. The van der Waals surface area contributed by atoms with Crippen LogP contribution in [0.1, 0.15) is 5.56 Å². The Labute approximate surface area is 84.6 Å². The number of hydrogen-bond acceptors (Lipinski definition) is 2. The van der Waals surface area contributed by atoms with Crippen LogP contribution in [0.5, 0.6) is 5.75 Å². The van der Waals surface area contributed by atoms with Crippen LogP contribution in [0.25, 0.3) is 0 Å². The predicted molar refractivity (Wildman–Crippen MR) is 57.6 cm³/mol. The van der Waals surface area contributed by atoms with Crippen molar-refractivity contribution >= 4 is 0 Å². The molecular formula is C12H15NO. The van der Waals surface area contributed by atoms with Gasteiger partial charge in [0.2, 0.25) is 0 Å². The van der Waals surface area contributed by atoms with Crippen LogP contribution >= 0.6 is 0 Å². The molecule has 1 atom stereocenters. The number of rotatable bonds is 4. The molecule has 0 saturated carbocycles. The van der Waals surface area contributed by atoms with Crippen LogP contribution in [-0.2, 0) is 6.42 Å². The Morgan fingerprint density at radius 2 is 2.36 bits per heavy atom. The molecule has 1 unspecified atom stereocenters. The minimum absolute atomic E-state index is 0.285. The average Bonchev–Trinajstić information content (AvgIpc) is 2.60. The maximum Gasteiger partial charge on any atom is 0.123 e. The van der Waals surface area contributed by atoms with Gasteiger partial charge < -0.3 is 10.1 Å². The van der Waals surface area contributed by atoms with Crippen molar-refractivity contribution in [1.82, 2.24) is 5.32 Å². The SMILES string of the molecule is C=CCNCC1Cc2ccccc2O1. The first-order valence-corrected chi connectivity index (χ1v) is 4.96.